The van der Waals surface area contributed by atoms with Crippen molar-refractivity contribution in [2.75, 3.05) is 7.11 Å². The molecule has 0 spiro atoms. The maximum absolute atomic E-state index is 10.6. The van der Waals surface area contributed by atoms with Gasteiger partial charge in [0.1, 0.15) is 0 Å². The van der Waals surface area contributed by atoms with E-state index in [0.29, 0.717) is 5.92 Å². The fraction of sp³-hybridized carbons (Fsp3) is 0.700. The third kappa shape index (κ3) is 6.10. The van der Waals surface area contributed by atoms with Crippen molar-refractivity contribution in [3.05, 3.63) is 12.2 Å². The predicted molar refractivity (Wildman–Crippen MR) is 50.1 cm³/mol. The molecule has 0 aromatic rings. The number of carbonyl (C=O) groups excluding carboxylic acids is 1. The lowest BCUT2D eigenvalue weighted by molar-refractivity contribution is -0.112. The van der Waals surface area contributed by atoms with E-state index in [0.717, 1.165) is 6.42 Å². The first-order valence-electron chi connectivity index (χ1n) is 4.27. The summed E-state index contributed by atoms with van der Waals surface area (Å²) in [6.07, 6.45) is 4.42. The van der Waals surface area contributed by atoms with E-state index in [-0.39, 0.29) is 11.9 Å². The molecule has 0 saturated heterocycles. The summed E-state index contributed by atoms with van der Waals surface area (Å²) in [7, 11) is 1.66. The Morgan fingerprint density at radius 1 is 1.50 bits per heavy atom. The van der Waals surface area contributed by atoms with Crippen molar-refractivity contribution in [3.63, 3.8) is 0 Å². The van der Waals surface area contributed by atoms with Crippen LogP contribution in [0.5, 0.6) is 0 Å². The molecule has 1 atom stereocenters. The first-order valence-corrected chi connectivity index (χ1v) is 4.27. The van der Waals surface area contributed by atoms with Gasteiger partial charge in [-0.05, 0) is 25.3 Å². The van der Waals surface area contributed by atoms with Gasteiger partial charge in [-0.3, -0.25) is 4.79 Å². The Balaban J connectivity index is 3.90. The number of ether oxygens (including phenoxy) is 1. The van der Waals surface area contributed by atoms with Crippen LogP contribution in [0.3, 0.4) is 0 Å². The molecule has 1 unspecified atom stereocenters. The molecule has 0 aromatic heterocycles. The van der Waals surface area contributed by atoms with Crippen LogP contribution >= 0.6 is 0 Å². The highest BCUT2D eigenvalue weighted by Crippen LogP contribution is 2.08. The second-order valence-electron chi connectivity index (χ2n) is 3.37. The molecule has 2 heteroatoms. The van der Waals surface area contributed by atoms with Gasteiger partial charge in [-0.1, -0.05) is 19.9 Å². The summed E-state index contributed by atoms with van der Waals surface area (Å²) in [6.45, 7) is 5.81. The summed E-state index contributed by atoms with van der Waals surface area (Å²) in [5.41, 5.74) is 0. The van der Waals surface area contributed by atoms with Crippen molar-refractivity contribution in [2.45, 2.75) is 33.3 Å². The van der Waals surface area contributed by atoms with Gasteiger partial charge in [-0.25, -0.2) is 0 Å². The van der Waals surface area contributed by atoms with Gasteiger partial charge >= 0.3 is 0 Å². The Labute approximate surface area is 74.6 Å². The van der Waals surface area contributed by atoms with Crippen LogP contribution in [0, 0.1) is 5.92 Å². The molecule has 70 valence electrons. The van der Waals surface area contributed by atoms with Crippen molar-refractivity contribution in [3.8, 4) is 0 Å². The first-order chi connectivity index (χ1) is 5.56. The van der Waals surface area contributed by atoms with E-state index in [1.165, 1.54) is 0 Å². The molecule has 0 heterocycles. The van der Waals surface area contributed by atoms with Crippen LogP contribution in [0.25, 0.3) is 0 Å². The third-order valence-corrected chi connectivity index (χ3v) is 1.55. The molecular formula is C10H18O2. The van der Waals surface area contributed by atoms with Crippen molar-refractivity contribution in [2.24, 2.45) is 5.92 Å². The lowest BCUT2D eigenvalue weighted by Crippen LogP contribution is -2.10. The zero-order valence-electron chi connectivity index (χ0n) is 8.33. The Morgan fingerprint density at radius 2 is 2.08 bits per heavy atom. The summed E-state index contributed by atoms with van der Waals surface area (Å²) in [5, 5.41) is 0. The maximum Gasteiger partial charge on any atom is 0.152 e. The molecule has 0 radical (unpaired) electrons. The van der Waals surface area contributed by atoms with Crippen LogP contribution < -0.4 is 0 Å². The number of carbonyl (C=O) groups is 1. The molecule has 2 nitrogen and oxygen atoms in total. The molecule has 0 aliphatic heterocycles. The lowest BCUT2D eigenvalue weighted by Gasteiger charge is -2.12. The highest BCUT2D eigenvalue weighted by atomic mass is 16.5. The predicted octanol–water partition coefficient (Wildman–Crippen LogP) is 2.19. The van der Waals surface area contributed by atoms with Crippen molar-refractivity contribution in [1.82, 2.24) is 0 Å². The number of hydrogen-bond acceptors (Lipinski definition) is 2. The summed E-state index contributed by atoms with van der Waals surface area (Å²) >= 11 is 0. The Bertz CT molecular complexity index is 159. The quantitative estimate of drug-likeness (QED) is 0.591. The highest BCUT2D eigenvalue weighted by molar-refractivity contribution is 5.87. The maximum atomic E-state index is 10.6. The fourth-order valence-electron chi connectivity index (χ4n) is 0.961. The second kappa shape index (κ2) is 5.95. The molecule has 0 aliphatic carbocycles. The number of ketones is 1. The van der Waals surface area contributed by atoms with E-state index in [1.54, 1.807) is 20.1 Å². The zero-order chi connectivity index (χ0) is 9.56. The van der Waals surface area contributed by atoms with Crippen molar-refractivity contribution in [1.29, 1.82) is 0 Å². The summed E-state index contributed by atoms with van der Waals surface area (Å²) in [5.74, 6) is 0.660. The number of hydrogen-bond donors (Lipinski definition) is 0. The number of methoxy groups -OCH3 is 1. The minimum atomic E-state index is 0.0702. The normalized spacial score (nSPS) is 14.1. The van der Waals surface area contributed by atoms with E-state index in [2.05, 4.69) is 13.8 Å². The zero-order valence-corrected chi connectivity index (χ0v) is 8.33. The van der Waals surface area contributed by atoms with Gasteiger partial charge in [0.2, 0.25) is 0 Å². The van der Waals surface area contributed by atoms with Crippen molar-refractivity contribution < 1.29 is 9.53 Å². The van der Waals surface area contributed by atoms with Gasteiger partial charge in [0.05, 0.1) is 6.10 Å². The van der Waals surface area contributed by atoms with E-state index in [9.17, 15) is 4.79 Å². The monoisotopic (exact) mass is 170 g/mol. The molecule has 0 N–H and O–H groups in total. The van der Waals surface area contributed by atoms with Crippen LogP contribution in [0.2, 0.25) is 0 Å². The number of rotatable bonds is 5. The molecule has 0 amide bonds. The molecule has 0 bridgehead atoms. The lowest BCUT2D eigenvalue weighted by atomic mass is 10.1. The fourth-order valence-corrected chi connectivity index (χ4v) is 0.961. The minimum Gasteiger partial charge on any atom is -0.377 e. The first kappa shape index (κ1) is 11.4. The largest absolute Gasteiger partial charge is 0.377 e. The smallest absolute Gasteiger partial charge is 0.152 e. The van der Waals surface area contributed by atoms with Gasteiger partial charge in [0.25, 0.3) is 0 Å². The van der Waals surface area contributed by atoms with Crippen LogP contribution in [-0.4, -0.2) is 19.0 Å². The average Bonchev–Trinajstić information content (AvgIpc) is 1.97. The summed E-state index contributed by atoms with van der Waals surface area (Å²) in [4.78, 5) is 10.6. The highest BCUT2D eigenvalue weighted by Gasteiger charge is 2.05. The standard InChI is InChI=1S/C10H18O2/c1-8(2)7-10(12-4)6-5-9(3)11/h5-6,8,10H,7H2,1-4H3/b6-5+. The van der Waals surface area contributed by atoms with Gasteiger partial charge in [-0.15, -0.1) is 0 Å². The van der Waals surface area contributed by atoms with E-state index in [4.69, 9.17) is 4.74 Å². The van der Waals surface area contributed by atoms with Crippen LogP contribution in [0.1, 0.15) is 27.2 Å². The minimum absolute atomic E-state index is 0.0702. The van der Waals surface area contributed by atoms with Gasteiger partial charge in [-0.2, -0.15) is 0 Å². The Kier molecular flexibility index (Phi) is 5.64. The number of allylic oxidation sites excluding steroid dienone is 1. The van der Waals surface area contributed by atoms with E-state index in [1.807, 2.05) is 6.08 Å². The second-order valence-corrected chi connectivity index (χ2v) is 3.37. The van der Waals surface area contributed by atoms with E-state index >= 15 is 0 Å². The molecule has 0 fully saturated rings. The molecule has 0 rings (SSSR count). The summed E-state index contributed by atoms with van der Waals surface area (Å²) in [6, 6.07) is 0. The molecule has 0 aromatic carbocycles. The van der Waals surface area contributed by atoms with Crippen LogP contribution in [0.4, 0.5) is 0 Å². The van der Waals surface area contributed by atoms with Gasteiger partial charge in [0, 0.05) is 7.11 Å². The molecule has 12 heavy (non-hydrogen) atoms. The van der Waals surface area contributed by atoms with Gasteiger partial charge in [0.15, 0.2) is 5.78 Å². The van der Waals surface area contributed by atoms with Gasteiger partial charge < -0.3 is 4.74 Å². The Morgan fingerprint density at radius 3 is 2.42 bits per heavy atom. The topological polar surface area (TPSA) is 26.3 Å². The van der Waals surface area contributed by atoms with Crippen LogP contribution in [-0.2, 0) is 9.53 Å². The molecule has 0 aliphatic rings. The molecular weight excluding hydrogens is 152 g/mol. The van der Waals surface area contributed by atoms with E-state index < -0.39 is 0 Å². The average molecular weight is 170 g/mol. The summed E-state index contributed by atoms with van der Waals surface area (Å²) < 4.78 is 5.17. The van der Waals surface area contributed by atoms with Crippen LogP contribution in [0.15, 0.2) is 12.2 Å². The molecule has 0 saturated carbocycles. The van der Waals surface area contributed by atoms with Crippen molar-refractivity contribution >= 4 is 5.78 Å². The third-order valence-electron chi connectivity index (χ3n) is 1.55. The SMILES string of the molecule is COC(/C=C/C(C)=O)CC(C)C. The Hall–Kier alpha value is -0.630.